The first-order valence-corrected chi connectivity index (χ1v) is 13.3. The molecule has 0 amide bonds. The van der Waals surface area contributed by atoms with Crippen molar-refractivity contribution in [3.8, 4) is 0 Å². The third-order valence-corrected chi connectivity index (χ3v) is 7.52. The number of nitrogens with one attached hydrogen (secondary N) is 1. The van der Waals surface area contributed by atoms with Crippen molar-refractivity contribution in [1.29, 1.82) is 0 Å². The summed E-state index contributed by atoms with van der Waals surface area (Å²) in [5.74, 6) is 2.24. The Kier molecular flexibility index (Phi) is 7.36. The number of fused-ring (bicyclic) bond motifs is 1. The van der Waals surface area contributed by atoms with Gasteiger partial charge < -0.3 is 10.2 Å². The lowest BCUT2D eigenvalue weighted by Crippen LogP contribution is -2.29. The Morgan fingerprint density at radius 1 is 0.946 bits per heavy atom. The van der Waals surface area contributed by atoms with Crippen molar-refractivity contribution < 1.29 is 13.2 Å². The van der Waals surface area contributed by atoms with E-state index in [1.54, 1.807) is 4.90 Å². The largest absolute Gasteiger partial charge is 0.419 e. The SMILES string of the molecule is CC(C)c1nc2c(c(Nc3ccc(C4CCCCC4)cc3)n1)CCN(c1ncccc1C(F)(F)F)CC2. The Labute approximate surface area is 216 Å². The number of hydrogen-bond donors (Lipinski definition) is 1. The molecule has 3 heterocycles. The van der Waals surface area contributed by atoms with Crippen molar-refractivity contribution in [3.63, 3.8) is 0 Å². The van der Waals surface area contributed by atoms with E-state index in [-0.39, 0.29) is 11.7 Å². The molecule has 0 unspecified atom stereocenters. The van der Waals surface area contributed by atoms with Crippen LogP contribution in [0.5, 0.6) is 0 Å². The Balaban J connectivity index is 1.41. The van der Waals surface area contributed by atoms with Crippen LogP contribution in [-0.4, -0.2) is 28.0 Å². The Bertz CT molecular complexity index is 1220. The summed E-state index contributed by atoms with van der Waals surface area (Å²) in [5.41, 5.74) is 3.51. The minimum Gasteiger partial charge on any atom is -0.355 e. The molecule has 1 aliphatic carbocycles. The van der Waals surface area contributed by atoms with Gasteiger partial charge in [-0.3, -0.25) is 0 Å². The van der Waals surface area contributed by atoms with Crippen LogP contribution in [0.4, 0.5) is 30.5 Å². The van der Waals surface area contributed by atoms with E-state index in [1.807, 2.05) is 0 Å². The molecule has 1 aliphatic heterocycles. The highest BCUT2D eigenvalue weighted by molar-refractivity contribution is 5.62. The quantitative estimate of drug-likeness (QED) is 0.388. The molecule has 196 valence electrons. The second kappa shape index (κ2) is 10.7. The van der Waals surface area contributed by atoms with E-state index < -0.39 is 11.7 Å². The molecule has 37 heavy (non-hydrogen) atoms. The molecule has 0 bridgehead atoms. The van der Waals surface area contributed by atoms with Gasteiger partial charge in [0.15, 0.2) is 0 Å². The van der Waals surface area contributed by atoms with Crippen molar-refractivity contribution >= 4 is 17.3 Å². The standard InChI is InChI=1S/C29H34F3N5/c1-19(2)26-35-25-15-18-37(28-24(29(30,31)32)9-6-16-33-28)17-14-23(25)27(36-26)34-22-12-10-21(11-13-22)20-7-4-3-5-8-20/h6,9-13,16,19-20H,3-5,7-8,14-15,17-18H2,1-2H3,(H,34,35,36). The van der Waals surface area contributed by atoms with E-state index in [9.17, 15) is 13.2 Å². The predicted molar refractivity (Wildman–Crippen MR) is 141 cm³/mol. The molecule has 5 nitrogen and oxygen atoms in total. The van der Waals surface area contributed by atoms with Gasteiger partial charge in [-0.25, -0.2) is 15.0 Å². The van der Waals surface area contributed by atoms with E-state index in [0.717, 1.165) is 34.7 Å². The van der Waals surface area contributed by atoms with Crippen molar-refractivity contribution in [1.82, 2.24) is 15.0 Å². The summed E-state index contributed by atoms with van der Waals surface area (Å²) in [6.07, 6.45) is 4.48. The molecule has 2 aromatic heterocycles. The topological polar surface area (TPSA) is 53.9 Å². The fourth-order valence-corrected chi connectivity index (χ4v) is 5.47. The number of alkyl halides is 3. The molecule has 1 fully saturated rings. The molecule has 3 aromatic rings. The van der Waals surface area contributed by atoms with Crippen LogP contribution in [0.15, 0.2) is 42.6 Å². The van der Waals surface area contributed by atoms with Crippen LogP contribution in [0.3, 0.4) is 0 Å². The van der Waals surface area contributed by atoms with Gasteiger partial charge in [-0.1, -0.05) is 45.2 Å². The number of anilines is 3. The van der Waals surface area contributed by atoms with E-state index in [1.165, 1.54) is 49.9 Å². The van der Waals surface area contributed by atoms with Gasteiger partial charge in [0.2, 0.25) is 0 Å². The van der Waals surface area contributed by atoms with E-state index in [2.05, 4.69) is 48.4 Å². The molecule has 5 rings (SSSR count). The molecule has 0 spiro atoms. The summed E-state index contributed by atoms with van der Waals surface area (Å²) in [7, 11) is 0. The highest BCUT2D eigenvalue weighted by Crippen LogP contribution is 2.37. The zero-order valence-corrected chi connectivity index (χ0v) is 21.5. The first-order chi connectivity index (χ1) is 17.8. The third-order valence-electron chi connectivity index (χ3n) is 7.52. The van der Waals surface area contributed by atoms with Crippen LogP contribution >= 0.6 is 0 Å². The number of pyridine rings is 1. The van der Waals surface area contributed by atoms with Crippen molar-refractivity contribution in [2.24, 2.45) is 0 Å². The number of nitrogens with zero attached hydrogens (tertiary/aromatic N) is 4. The van der Waals surface area contributed by atoms with Crippen LogP contribution in [0.2, 0.25) is 0 Å². The number of hydrogen-bond acceptors (Lipinski definition) is 5. The Morgan fingerprint density at radius 2 is 1.68 bits per heavy atom. The maximum absolute atomic E-state index is 13.7. The summed E-state index contributed by atoms with van der Waals surface area (Å²) < 4.78 is 41.0. The first-order valence-electron chi connectivity index (χ1n) is 13.3. The summed E-state index contributed by atoms with van der Waals surface area (Å²) >= 11 is 0. The van der Waals surface area contributed by atoms with Crippen LogP contribution in [0, 0.1) is 0 Å². The summed E-state index contributed by atoms with van der Waals surface area (Å²) in [6.45, 7) is 4.93. The van der Waals surface area contributed by atoms with Gasteiger partial charge in [0.1, 0.15) is 17.5 Å². The minimum atomic E-state index is -4.45. The maximum atomic E-state index is 13.7. The molecule has 1 N–H and O–H groups in total. The highest BCUT2D eigenvalue weighted by atomic mass is 19.4. The lowest BCUT2D eigenvalue weighted by Gasteiger charge is -2.24. The second-order valence-electron chi connectivity index (χ2n) is 10.5. The number of halogens is 3. The zero-order chi connectivity index (χ0) is 26.0. The fourth-order valence-electron chi connectivity index (χ4n) is 5.47. The van der Waals surface area contributed by atoms with Gasteiger partial charge in [-0.15, -0.1) is 0 Å². The average Bonchev–Trinajstić information content (AvgIpc) is 3.12. The Morgan fingerprint density at radius 3 is 2.38 bits per heavy atom. The Hall–Kier alpha value is -3.16. The monoisotopic (exact) mass is 509 g/mol. The molecule has 2 aliphatic rings. The molecule has 1 saturated carbocycles. The molecule has 0 atom stereocenters. The predicted octanol–water partition coefficient (Wildman–Crippen LogP) is 7.41. The highest BCUT2D eigenvalue weighted by Gasteiger charge is 2.36. The summed E-state index contributed by atoms with van der Waals surface area (Å²) in [4.78, 5) is 15.5. The van der Waals surface area contributed by atoms with Gasteiger partial charge >= 0.3 is 6.18 Å². The smallest absolute Gasteiger partial charge is 0.355 e. The summed E-state index contributed by atoms with van der Waals surface area (Å²) in [5, 5.41) is 3.51. The van der Waals surface area contributed by atoms with Crippen molar-refractivity contribution in [3.05, 3.63) is 70.8 Å². The van der Waals surface area contributed by atoms with Gasteiger partial charge in [0, 0.05) is 42.9 Å². The molecular formula is C29H34F3N5. The third kappa shape index (κ3) is 5.73. The van der Waals surface area contributed by atoms with Crippen LogP contribution < -0.4 is 10.2 Å². The maximum Gasteiger partial charge on any atom is 0.419 e. The minimum absolute atomic E-state index is 0.0207. The van der Waals surface area contributed by atoms with E-state index >= 15 is 0 Å². The zero-order valence-electron chi connectivity index (χ0n) is 21.5. The molecule has 0 saturated heterocycles. The van der Waals surface area contributed by atoms with Crippen LogP contribution in [-0.2, 0) is 19.0 Å². The lowest BCUT2D eigenvalue weighted by molar-refractivity contribution is -0.137. The van der Waals surface area contributed by atoms with E-state index in [4.69, 9.17) is 9.97 Å². The van der Waals surface area contributed by atoms with E-state index in [0.29, 0.717) is 31.8 Å². The fraction of sp³-hybridized carbons (Fsp3) is 0.483. The lowest BCUT2D eigenvalue weighted by atomic mass is 9.84. The van der Waals surface area contributed by atoms with Crippen molar-refractivity contribution in [2.75, 3.05) is 23.3 Å². The van der Waals surface area contributed by atoms with Gasteiger partial charge in [0.05, 0.1) is 11.3 Å². The average molecular weight is 510 g/mol. The number of rotatable bonds is 5. The number of benzene rings is 1. The number of aromatic nitrogens is 3. The first kappa shape index (κ1) is 25.5. The molecule has 1 aromatic carbocycles. The van der Waals surface area contributed by atoms with Gasteiger partial charge in [-0.2, -0.15) is 13.2 Å². The molecule has 8 heteroatoms. The molecular weight excluding hydrogens is 475 g/mol. The normalized spacial score (nSPS) is 17.0. The molecule has 0 radical (unpaired) electrons. The summed E-state index contributed by atoms with van der Waals surface area (Å²) in [6, 6.07) is 11.1. The van der Waals surface area contributed by atoms with Gasteiger partial charge in [0.25, 0.3) is 0 Å². The van der Waals surface area contributed by atoms with Gasteiger partial charge in [-0.05, 0) is 55.0 Å². The van der Waals surface area contributed by atoms with Crippen molar-refractivity contribution in [2.45, 2.75) is 76.8 Å². The van der Waals surface area contributed by atoms with Crippen LogP contribution in [0.25, 0.3) is 0 Å². The van der Waals surface area contributed by atoms with Crippen LogP contribution in [0.1, 0.15) is 86.0 Å². The second-order valence-corrected chi connectivity index (χ2v) is 10.5.